The van der Waals surface area contributed by atoms with E-state index >= 15 is 0 Å². The van der Waals surface area contributed by atoms with Gasteiger partial charge in [0.25, 0.3) is 11.5 Å². The zero-order valence-electron chi connectivity index (χ0n) is 13.2. The van der Waals surface area contributed by atoms with Gasteiger partial charge in [-0.25, -0.2) is 9.07 Å². The smallest absolute Gasteiger partial charge is 0.307 e. The Morgan fingerprint density at radius 1 is 1.25 bits per heavy atom. The fourth-order valence-electron chi connectivity index (χ4n) is 2.05. The third-order valence-corrected chi connectivity index (χ3v) is 3.37. The minimum absolute atomic E-state index is 0.0223. The molecular weight excluding hydrogens is 317 g/mol. The average Bonchev–Trinajstić information content (AvgIpc) is 2.57. The fraction of sp³-hybridized carbons (Fsp3) is 0.250. The summed E-state index contributed by atoms with van der Waals surface area (Å²) in [7, 11) is 2.66. The van der Waals surface area contributed by atoms with E-state index in [0.29, 0.717) is 5.56 Å². The largest absolute Gasteiger partial charge is 0.469 e. The molecule has 0 aliphatic rings. The molecule has 0 bridgehead atoms. The van der Waals surface area contributed by atoms with Gasteiger partial charge in [-0.2, -0.15) is 5.10 Å². The number of nitrogens with one attached hydrogen (secondary N) is 1. The Kier molecular flexibility index (Phi) is 5.41. The average molecular weight is 333 g/mol. The van der Waals surface area contributed by atoms with Crippen LogP contribution in [0.25, 0.3) is 0 Å². The maximum Gasteiger partial charge on any atom is 0.307 e. The molecule has 0 saturated heterocycles. The first kappa shape index (κ1) is 17.3. The number of ether oxygens (including phenoxy) is 1. The summed E-state index contributed by atoms with van der Waals surface area (Å²) >= 11 is 0. The molecule has 7 nitrogen and oxygen atoms in total. The van der Waals surface area contributed by atoms with Crippen LogP contribution < -0.4 is 10.9 Å². The Morgan fingerprint density at radius 3 is 2.50 bits per heavy atom. The summed E-state index contributed by atoms with van der Waals surface area (Å²) in [5.41, 5.74) is 0.213. The van der Waals surface area contributed by atoms with E-state index in [9.17, 15) is 18.8 Å². The van der Waals surface area contributed by atoms with Crippen molar-refractivity contribution < 1.29 is 18.7 Å². The summed E-state index contributed by atoms with van der Waals surface area (Å²) in [4.78, 5) is 35.2. The van der Waals surface area contributed by atoms with Crippen molar-refractivity contribution in [2.45, 2.75) is 12.5 Å². The van der Waals surface area contributed by atoms with Crippen molar-refractivity contribution in [3.8, 4) is 0 Å². The molecule has 1 aromatic carbocycles. The predicted molar refractivity (Wildman–Crippen MR) is 82.7 cm³/mol. The third-order valence-electron chi connectivity index (χ3n) is 3.37. The molecule has 0 saturated carbocycles. The summed E-state index contributed by atoms with van der Waals surface area (Å²) in [5.74, 6) is -1.52. The highest BCUT2D eigenvalue weighted by atomic mass is 19.1. The number of carbonyl (C=O) groups excluding carboxylic acids is 2. The molecular formula is C16H16FN3O4. The molecule has 1 N–H and O–H groups in total. The molecule has 126 valence electrons. The van der Waals surface area contributed by atoms with Crippen LogP contribution in [0.2, 0.25) is 0 Å². The van der Waals surface area contributed by atoms with Crippen LogP contribution in [0.1, 0.15) is 28.5 Å². The van der Waals surface area contributed by atoms with Gasteiger partial charge in [-0.15, -0.1) is 0 Å². The van der Waals surface area contributed by atoms with E-state index in [2.05, 4.69) is 15.2 Å². The Hall–Kier alpha value is -3.03. The van der Waals surface area contributed by atoms with Gasteiger partial charge >= 0.3 is 5.97 Å². The predicted octanol–water partition coefficient (Wildman–Crippen LogP) is 0.954. The number of amides is 1. The Labute approximate surface area is 137 Å². The molecule has 1 heterocycles. The number of rotatable bonds is 5. The summed E-state index contributed by atoms with van der Waals surface area (Å²) in [6, 6.07) is 7.19. The van der Waals surface area contributed by atoms with Gasteiger partial charge in [0.15, 0.2) is 0 Å². The summed E-state index contributed by atoms with van der Waals surface area (Å²) in [6.45, 7) is 0. The van der Waals surface area contributed by atoms with Gasteiger partial charge < -0.3 is 10.1 Å². The van der Waals surface area contributed by atoms with Crippen molar-refractivity contribution in [3.05, 3.63) is 63.8 Å². The van der Waals surface area contributed by atoms with E-state index in [-0.39, 0.29) is 17.7 Å². The van der Waals surface area contributed by atoms with E-state index in [0.717, 1.165) is 4.68 Å². The Balaban J connectivity index is 2.24. The number of esters is 1. The second-order valence-corrected chi connectivity index (χ2v) is 5.04. The van der Waals surface area contributed by atoms with Crippen LogP contribution in [-0.2, 0) is 16.6 Å². The summed E-state index contributed by atoms with van der Waals surface area (Å²) in [5, 5.41) is 6.49. The number of nitrogens with zero attached hydrogens (tertiary/aromatic N) is 2. The molecule has 0 spiro atoms. The number of halogens is 1. The lowest BCUT2D eigenvalue weighted by Gasteiger charge is -2.18. The van der Waals surface area contributed by atoms with Gasteiger partial charge in [0.2, 0.25) is 0 Å². The number of benzene rings is 1. The number of hydrogen-bond acceptors (Lipinski definition) is 5. The molecule has 0 fully saturated rings. The van der Waals surface area contributed by atoms with Crippen molar-refractivity contribution in [1.29, 1.82) is 0 Å². The molecule has 1 amide bonds. The SMILES string of the molecule is COC(=O)C[C@@H](NC(=O)c1ccc(=O)n(C)n1)c1ccc(F)cc1. The zero-order chi connectivity index (χ0) is 17.7. The monoisotopic (exact) mass is 333 g/mol. The van der Waals surface area contributed by atoms with Gasteiger partial charge in [0, 0.05) is 13.1 Å². The molecule has 2 aromatic rings. The van der Waals surface area contributed by atoms with E-state index in [4.69, 9.17) is 0 Å². The van der Waals surface area contributed by atoms with Crippen LogP contribution in [0.15, 0.2) is 41.2 Å². The Bertz CT molecular complexity index is 802. The molecule has 0 aliphatic heterocycles. The first-order valence-corrected chi connectivity index (χ1v) is 7.08. The van der Waals surface area contributed by atoms with Crippen LogP contribution >= 0.6 is 0 Å². The highest BCUT2D eigenvalue weighted by Gasteiger charge is 2.20. The number of aryl methyl sites for hydroxylation is 1. The molecule has 24 heavy (non-hydrogen) atoms. The molecule has 0 radical (unpaired) electrons. The maximum atomic E-state index is 13.1. The topological polar surface area (TPSA) is 90.3 Å². The highest BCUT2D eigenvalue weighted by Crippen LogP contribution is 2.18. The van der Waals surface area contributed by atoms with Gasteiger partial charge in [0.1, 0.15) is 11.5 Å². The highest BCUT2D eigenvalue weighted by molar-refractivity contribution is 5.92. The van der Waals surface area contributed by atoms with Gasteiger partial charge in [0.05, 0.1) is 19.6 Å². The normalized spacial score (nSPS) is 11.6. The third kappa shape index (κ3) is 4.25. The van der Waals surface area contributed by atoms with Gasteiger partial charge in [-0.05, 0) is 23.8 Å². The lowest BCUT2D eigenvalue weighted by Crippen LogP contribution is -2.32. The zero-order valence-corrected chi connectivity index (χ0v) is 13.2. The minimum atomic E-state index is -0.718. The van der Waals surface area contributed by atoms with Crippen LogP contribution in [0, 0.1) is 5.82 Å². The molecule has 1 atom stereocenters. The molecule has 2 rings (SSSR count). The van der Waals surface area contributed by atoms with Gasteiger partial charge in [-0.3, -0.25) is 14.4 Å². The first-order chi connectivity index (χ1) is 11.4. The van der Waals surface area contributed by atoms with E-state index in [1.807, 2.05) is 0 Å². The lowest BCUT2D eigenvalue weighted by molar-refractivity contribution is -0.141. The van der Waals surface area contributed by atoms with Gasteiger partial charge in [-0.1, -0.05) is 12.1 Å². The summed E-state index contributed by atoms with van der Waals surface area (Å²) in [6.07, 6.45) is -0.125. The molecule has 8 heteroatoms. The summed E-state index contributed by atoms with van der Waals surface area (Å²) < 4.78 is 18.7. The number of aromatic nitrogens is 2. The van der Waals surface area contributed by atoms with E-state index in [1.165, 1.54) is 50.6 Å². The molecule has 0 unspecified atom stereocenters. The maximum absolute atomic E-state index is 13.1. The second kappa shape index (κ2) is 7.49. The van der Waals surface area contributed by atoms with Crippen LogP contribution in [0.4, 0.5) is 4.39 Å². The minimum Gasteiger partial charge on any atom is -0.469 e. The van der Waals surface area contributed by atoms with E-state index < -0.39 is 23.7 Å². The van der Waals surface area contributed by atoms with Crippen LogP contribution in [-0.4, -0.2) is 28.8 Å². The molecule has 1 aromatic heterocycles. The van der Waals surface area contributed by atoms with Crippen molar-refractivity contribution in [3.63, 3.8) is 0 Å². The quantitative estimate of drug-likeness (QED) is 0.823. The van der Waals surface area contributed by atoms with E-state index in [1.54, 1.807) is 0 Å². The standard InChI is InChI=1S/C16H16FN3O4/c1-20-14(21)8-7-12(19-20)16(23)18-13(9-15(22)24-2)10-3-5-11(17)6-4-10/h3-8,13H,9H2,1-2H3,(H,18,23)/t13-/m1/s1. The first-order valence-electron chi connectivity index (χ1n) is 7.08. The number of hydrogen-bond donors (Lipinski definition) is 1. The fourth-order valence-corrected chi connectivity index (χ4v) is 2.05. The lowest BCUT2D eigenvalue weighted by atomic mass is 10.0. The molecule has 0 aliphatic carbocycles. The van der Waals surface area contributed by atoms with Crippen molar-refractivity contribution >= 4 is 11.9 Å². The van der Waals surface area contributed by atoms with Crippen LogP contribution in [0.3, 0.4) is 0 Å². The Morgan fingerprint density at radius 2 is 1.92 bits per heavy atom. The van der Waals surface area contributed by atoms with Crippen molar-refractivity contribution in [2.75, 3.05) is 7.11 Å². The number of carbonyl (C=O) groups is 2. The van der Waals surface area contributed by atoms with Crippen molar-refractivity contribution in [1.82, 2.24) is 15.1 Å². The second-order valence-electron chi connectivity index (χ2n) is 5.04. The van der Waals surface area contributed by atoms with Crippen molar-refractivity contribution in [2.24, 2.45) is 7.05 Å². The number of methoxy groups -OCH3 is 1. The van der Waals surface area contributed by atoms with Crippen LogP contribution in [0.5, 0.6) is 0 Å².